The Labute approximate surface area is 210 Å². The van der Waals surface area contributed by atoms with Crippen molar-refractivity contribution in [2.24, 2.45) is 0 Å². The van der Waals surface area contributed by atoms with Crippen molar-refractivity contribution >= 4 is 37.5 Å². The molecule has 6 nitrogen and oxygen atoms in total. The molecule has 0 aliphatic carbocycles. The highest BCUT2D eigenvalue weighted by atomic mass is 79.9. The van der Waals surface area contributed by atoms with Crippen molar-refractivity contribution in [1.82, 2.24) is 5.32 Å². The zero-order valence-electron chi connectivity index (χ0n) is 19.7. The van der Waals surface area contributed by atoms with E-state index in [2.05, 4.69) is 21.2 Å². The standard InChI is InChI=1S/C26H29BrN2O4S/c1-5-24(20-8-15-25(33-4)19(3)16-20)28-26(30)17-29(22-11-9-21(27)10-12-22)34(31,32)23-13-6-18(2)7-14-23/h6-16,24H,5,17H2,1-4H3,(H,28,30). The Morgan fingerprint density at radius 3 is 2.24 bits per heavy atom. The number of nitrogens with one attached hydrogen (secondary N) is 1. The zero-order valence-corrected chi connectivity index (χ0v) is 22.1. The number of nitrogens with zero attached hydrogens (tertiary/aromatic N) is 1. The second-order valence-corrected chi connectivity index (χ2v) is 10.8. The molecule has 0 aliphatic rings. The number of methoxy groups -OCH3 is 1. The normalized spacial score (nSPS) is 12.1. The summed E-state index contributed by atoms with van der Waals surface area (Å²) in [6.07, 6.45) is 0.653. The van der Waals surface area contributed by atoms with E-state index in [1.807, 2.05) is 39.0 Å². The maximum absolute atomic E-state index is 13.5. The summed E-state index contributed by atoms with van der Waals surface area (Å²) in [7, 11) is -2.34. The molecule has 180 valence electrons. The molecule has 1 amide bonds. The maximum Gasteiger partial charge on any atom is 0.264 e. The number of sulfonamides is 1. The highest BCUT2D eigenvalue weighted by Gasteiger charge is 2.28. The van der Waals surface area contributed by atoms with E-state index in [1.165, 1.54) is 0 Å². The van der Waals surface area contributed by atoms with Gasteiger partial charge in [-0.25, -0.2) is 8.42 Å². The van der Waals surface area contributed by atoms with Gasteiger partial charge < -0.3 is 10.1 Å². The smallest absolute Gasteiger partial charge is 0.264 e. The Hall–Kier alpha value is -2.84. The molecular formula is C26H29BrN2O4S. The molecule has 3 aromatic rings. The molecule has 0 aromatic heterocycles. The van der Waals surface area contributed by atoms with Crippen molar-refractivity contribution in [2.45, 2.75) is 38.1 Å². The van der Waals surface area contributed by atoms with E-state index in [4.69, 9.17) is 4.74 Å². The van der Waals surface area contributed by atoms with Gasteiger partial charge in [-0.05, 0) is 73.9 Å². The van der Waals surface area contributed by atoms with E-state index in [-0.39, 0.29) is 23.4 Å². The number of amides is 1. The number of halogens is 1. The van der Waals surface area contributed by atoms with Crippen LogP contribution in [0.5, 0.6) is 5.75 Å². The molecule has 1 unspecified atom stereocenters. The number of carbonyl (C=O) groups is 1. The van der Waals surface area contributed by atoms with E-state index < -0.39 is 10.0 Å². The van der Waals surface area contributed by atoms with Gasteiger partial charge in [0.2, 0.25) is 5.91 Å². The van der Waals surface area contributed by atoms with Crippen molar-refractivity contribution < 1.29 is 17.9 Å². The lowest BCUT2D eigenvalue weighted by molar-refractivity contribution is -0.120. The number of hydrogen-bond donors (Lipinski definition) is 1. The van der Waals surface area contributed by atoms with E-state index in [9.17, 15) is 13.2 Å². The predicted octanol–water partition coefficient (Wildman–Crippen LogP) is 5.54. The quantitative estimate of drug-likeness (QED) is 0.383. The molecular weight excluding hydrogens is 516 g/mol. The van der Waals surface area contributed by atoms with Gasteiger partial charge in [0.25, 0.3) is 10.0 Å². The summed E-state index contributed by atoms with van der Waals surface area (Å²) in [5.41, 5.74) is 3.26. The molecule has 0 saturated heterocycles. The van der Waals surface area contributed by atoms with Crippen LogP contribution in [0.2, 0.25) is 0 Å². The summed E-state index contributed by atoms with van der Waals surface area (Å²) in [6.45, 7) is 5.46. The molecule has 0 spiro atoms. The minimum atomic E-state index is -3.96. The lowest BCUT2D eigenvalue weighted by Gasteiger charge is -2.26. The summed E-state index contributed by atoms with van der Waals surface area (Å²) in [5.74, 6) is 0.384. The molecule has 3 aromatic carbocycles. The highest BCUT2D eigenvalue weighted by molar-refractivity contribution is 9.10. The highest BCUT2D eigenvalue weighted by Crippen LogP contribution is 2.27. The Morgan fingerprint density at radius 2 is 1.68 bits per heavy atom. The van der Waals surface area contributed by atoms with Gasteiger partial charge in [-0.15, -0.1) is 0 Å². The Bertz CT molecular complexity index is 1240. The molecule has 8 heteroatoms. The van der Waals surface area contributed by atoms with Crippen LogP contribution in [0.4, 0.5) is 5.69 Å². The summed E-state index contributed by atoms with van der Waals surface area (Å²) >= 11 is 3.38. The minimum absolute atomic E-state index is 0.131. The third-order valence-electron chi connectivity index (χ3n) is 5.58. The minimum Gasteiger partial charge on any atom is -0.496 e. The van der Waals surface area contributed by atoms with E-state index in [0.29, 0.717) is 12.1 Å². The van der Waals surface area contributed by atoms with Gasteiger partial charge in [-0.2, -0.15) is 0 Å². The van der Waals surface area contributed by atoms with Crippen LogP contribution in [0.3, 0.4) is 0 Å². The molecule has 0 radical (unpaired) electrons. The van der Waals surface area contributed by atoms with Gasteiger partial charge in [0.05, 0.1) is 23.7 Å². The first kappa shape index (κ1) is 25.8. The van der Waals surface area contributed by atoms with Crippen LogP contribution in [0.15, 0.2) is 76.1 Å². The van der Waals surface area contributed by atoms with Crippen molar-refractivity contribution in [1.29, 1.82) is 0 Å². The second-order valence-electron chi connectivity index (χ2n) is 8.06. The average Bonchev–Trinajstić information content (AvgIpc) is 2.82. The van der Waals surface area contributed by atoms with Crippen molar-refractivity contribution in [3.05, 3.63) is 87.9 Å². The lowest BCUT2D eigenvalue weighted by atomic mass is 10.0. The monoisotopic (exact) mass is 544 g/mol. The fourth-order valence-corrected chi connectivity index (χ4v) is 5.36. The summed E-state index contributed by atoms with van der Waals surface area (Å²) in [6, 6.07) is 18.9. The average molecular weight is 545 g/mol. The van der Waals surface area contributed by atoms with Crippen LogP contribution in [0, 0.1) is 13.8 Å². The van der Waals surface area contributed by atoms with Gasteiger partial charge in [0, 0.05) is 4.47 Å². The lowest BCUT2D eigenvalue weighted by Crippen LogP contribution is -2.42. The van der Waals surface area contributed by atoms with Crippen molar-refractivity contribution in [3.63, 3.8) is 0 Å². The van der Waals surface area contributed by atoms with Gasteiger partial charge in [0.15, 0.2) is 0 Å². The fourth-order valence-electron chi connectivity index (χ4n) is 3.67. The fraction of sp³-hybridized carbons (Fsp3) is 0.269. The van der Waals surface area contributed by atoms with Gasteiger partial charge >= 0.3 is 0 Å². The largest absolute Gasteiger partial charge is 0.496 e. The zero-order chi connectivity index (χ0) is 24.9. The SMILES string of the molecule is CCC(NC(=O)CN(c1ccc(Br)cc1)S(=O)(=O)c1ccc(C)cc1)c1ccc(OC)c(C)c1. The van der Waals surface area contributed by atoms with Gasteiger partial charge in [0.1, 0.15) is 12.3 Å². The van der Waals surface area contributed by atoms with Crippen LogP contribution in [0.25, 0.3) is 0 Å². The molecule has 3 rings (SSSR count). The Kier molecular flexibility index (Phi) is 8.38. The van der Waals surface area contributed by atoms with Crippen LogP contribution in [-0.4, -0.2) is 28.0 Å². The molecule has 1 N–H and O–H groups in total. The predicted molar refractivity (Wildman–Crippen MR) is 139 cm³/mol. The Balaban J connectivity index is 1.89. The maximum atomic E-state index is 13.5. The van der Waals surface area contributed by atoms with Gasteiger partial charge in [-0.3, -0.25) is 9.10 Å². The van der Waals surface area contributed by atoms with E-state index in [0.717, 1.165) is 31.2 Å². The molecule has 0 aliphatic heterocycles. The molecule has 0 heterocycles. The topological polar surface area (TPSA) is 75.7 Å². The summed E-state index contributed by atoms with van der Waals surface area (Å²) < 4.78 is 34.3. The first-order chi connectivity index (χ1) is 16.1. The van der Waals surface area contributed by atoms with Gasteiger partial charge in [-0.1, -0.05) is 52.7 Å². The van der Waals surface area contributed by atoms with Crippen LogP contribution in [0.1, 0.15) is 36.1 Å². The molecule has 34 heavy (non-hydrogen) atoms. The first-order valence-corrected chi connectivity index (χ1v) is 13.2. The molecule has 0 saturated carbocycles. The molecule has 0 fully saturated rings. The number of rotatable bonds is 9. The third-order valence-corrected chi connectivity index (χ3v) is 7.89. The number of anilines is 1. The van der Waals surface area contributed by atoms with E-state index >= 15 is 0 Å². The number of carbonyl (C=O) groups excluding carboxylic acids is 1. The number of hydrogen-bond acceptors (Lipinski definition) is 4. The third kappa shape index (κ3) is 5.98. The van der Waals surface area contributed by atoms with Crippen LogP contribution in [-0.2, 0) is 14.8 Å². The van der Waals surface area contributed by atoms with Crippen LogP contribution < -0.4 is 14.4 Å². The van der Waals surface area contributed by atoms with Crippen LogP contribution >= 0.6 is 15.9 Å². The number of aryl methyl sites for hydroxylation is 2. The molecule has 1 atom stereocenters. The van der Waals surface area contributed by atoms with Crippen molar-refractivity contribution in [2.75, 3.05) is 18.0 Å². The number of benzene rings is 3. The van der Waals surface area contributed by atoms with E-state index in [1.54, 1.807) is 55.6 Å². The summed E-state index contributed by atoms with van der Waals surface area (Å²) in [5, 5.41) is 3.00. The number of ether oxygens (including phenoxy) is 1. The summed E-state index contributed by atoms with van der Waals surface area (Å²) in [4.78, 5) is 13.3. The first-order valence-electron chi connectivity index (χ1n) is 10.9. The second kappa shape index (κ2) is 11.1. The van der Waals surface area contributed by atoms with Crippen molar-refractivity contribution in [3.8, 4) is 5.75 Å². The molecule has 0 bridgehead atoms. The Morgan fingerprint density at radius 1 is 1.03 bits per heavy atom.